The third kappa shape index (κ3) is 2.40. The number of carbonyl (C=O) groups excluding carboxylic acids is 2. The Morgan fingerprint density at radius 3 is 2.65 bits per heavy atom. The van der Waals surface area contributed by atoms with Gasteiger partial charge >= 0.3 is 5.97 Å². The summed E-state index contributed by atoms with van der Waals surface area (Å²) in [4.78, 5) is 35.6. The monoisotopic (exact) mass is 240 g/mol. The summed E-state index contributed by atoms with van der Waals surface area (Å²) in [6, 6.07) is -1.25. The molecule has 0 aliphatic carbocycles. The summed E-state index contributed by atoms with van der Waals surface area (Å²) in [5.74, 6) is -1.34. The van der Waals surface area contributed by atoms with Gasteiger partial charge in [0.25, 0.3) is 0 Å². The van der Waals surface area contributed by atoms with Gasteiger partial charge in [0, 0.05) is 13.0 Å². The Kier molecular flexibility index (Phi) is 3.31. The van der Waals surface area contributed by atoms with Crippen molar-refractivity contribution in [3.05, 3.63) is 0 Å². The van der Waals surface area contributed by atoms with E-state index in [9.17, 15) is 14.4 Å². The third-order valence-corrected chi connectivity index (χ3v) is 3.36. The van der Waals surface area contributed by atoms with E-state index < -0.39 is 18.1 Å². The smallest absolute Gasteiger partial charge is 0.326 e. The van der Waals surface area contributed by atoms with Crippen LogP contribution >= 0.6 is 0 Å². The first-order valence-corrected chi connectivity index (χ1v) is 5.92. The first-order chi connectivity index (χ1) is 8.09. The summed E-state index contributed by atoms with van der Waals surface area (Å²) in [7, 11) is 0. The average Bonchev–Trinajstić information content (AvgIpc) is 2.75. The van der Waals surface area contributed by atoms with Crippen LogP contribution in [0.3, 0.4) is 0 Å². The number of aliphatic carboxylic acids is 1. The Morgan fingerprint density at radius 1 is 1.29 bits per heavy atom. The molecule has 0 unspecified atom stereocenters. The second kappa shape index (κ2) is 4.73. The molecule has 2 N–H and O–H groups in total. The van der Waals surface area contributed by atoms with E-state index in [0.717, 1.165) is 12.8 Å². The van der Waals surface area contributed by atoms with Crippen LogP contribution in [0.1, 0.15) is 32.1 Å². The lowest BCUT2D eigenvalue weighted by atomic mass is 10.0. The number of piperidine rings is 1. The normalized spacial score (nSPS) is 28.9. The standard InChI is InChI=1S/C11H16N2O4/c14-9-5-4-7(12-9)10(15)13-6-2-1-3-8(13)11(16)17/h7-8H,1-6H2,(H,12,14)(H,16,17)/t7-,8-/m0/s1. The van der Waals surface area contributed by atoms with E-state index in [1.165, 1.54) is 4.90 Å². The number of likely N-dealkylation sites (tertiary alicyclic amines) is 1. The van der Waals surface area contributed by atoms with Crippen molar-refractivity contribution in [1.29, 1.82) is 0 Å². The maximum absolute atomic E-state index is 12.1. The molecular weight excluding hydrogens is 224 g/mol. The molecule has 0 radical (unpaired) electrons. The van der Waals surface area contributed by atoms with Gasteiger partial charge in [-0.2, -0.15) is 0 Å². The largest absolute Gasteiger partial charge is 0.480 e. The molecule has 2 atom stereocenters. The zero-order valence-electron chi connectivity index (χ0n) is 9.52. The fourth-order valence-corrected chi connectivity index (χ4v) is 2.45. The average molecular weight is 240 g/mol. The number of nitrogens with zero attached hydrogens (tertiary/aromatic N) is 1. The Bertz CT molecular complexity index is 355. The molecule has 2 fully saturated rings. The molecule has 17 heavy (non-hydrogen) atoms. The van der Waals surface area contributed by atoms with Gasteiger partial charge in [0.2, 0.25) is 11.8 Å². The summed E-state index contributed by atoms with van der Waals surface area (Å²) < 4.78 is 0. The highest BCUT2D eigenvalue weighted by Gasteiger charge is 2.37. The molecule has 2 saturated heterocycles. The predicted molar refractivity (Wildman–Crippen MR) is 58.2 cm³/mol. The summed E-state index contributed by atoms with van der Waals surface area (Å²) in [6.45, 7) is 0.474. The molecule has 2 rings (SSSR count). The second-order valence-corrected chi connectivity index (χ2v) is 4.54. The van der Waals surface area contributed by atoms with E-state index in [1.54, 1.807) is 0 Å². The number of hydrogen-bond acceptors (Lipinski definition) is 3. The molecule has 2 aliphatic rings. The van der Waals surface area contributed by atoms with Crippen molar-refractivity contribution in [3.8, 4) is 0 Å². The highest BCUT2D eigenvalue weighted by molar-refractivity contribution is 5.93. The molecule has 0 aromatic rings. The summed E-state index contributed by atoms with van der Waals surface area (Å²) in [5, 5.41) is 11.7. The molecule has 6 heteroatoms. The van der Waals surface area contributed by atoms with Crippen LogP contribution in [0.5, 0.6) is 0 Å². The summed E-state index contributed by atoms with van der Waals surface area (Å²) in [6.07, 6.45) is 2.98. The van der Waals surface area contributed by atoms with Crippen molar-refractivity contribution in [1.82, 2.24) is 10.2 Å². The molecule has 94 valence electrons. The minimum absolute atomic E-state index is 0.132. The van der Waals surface area contributed by atoms with E-state index in [0.29, 0.717) is 25.8 Å². The zero-order chi connectivity index (χ0) is 12.4. The molecule has 2 heterocycles. The lowest BCUT2D eigenvalue weighted by Gasteiger charge is -2.34. The number of carboxylic acid groups (broad SMARTS) is 1. The van der Waals surface area contributed by atoms with E-state index in [1.807, 2.05) is 0 Å². The molecule has 0 bridgehead atoms. The molecule has 2 aliphatic heterocycles. The molecule has 6 nitrogen and oxygen atoms in total. The fourth-order valence-electron chi connectivity index (χ4n) is 2.45. The maximum Gasteiger partial charge on any atom is 0.326 e. The van der Waals surface area contributed by atoms with Crippen molar-refractivity contribution in [2.24, 2.45) is 0 Å². The molecular formula is C11H16N2O4. The number of hydrogen-bond donors (Lipinski definition) is 2. The van der Waals surface area contributed by atoms with Crippen LogP contribution in [0.15, 0.2) is 0 Å². The zero-order valence-corrected chi connectivity index (χ0v) is 9.52. The Hall–Kier alpha value is -1.59. The van der Waals surface area contributed by atoms with Crippen LogP contribution in [0.25, 0.3) is 0 Å². The van der Waals surface area contributed by atoms with E-state index in [-0.39, 0.29) is 11.8 Å². The molecule has 0 aromatic heterocycles. The second-order valence-electron chi connectivity index (χ2n) is 4.54. The molecule has 0 spiro atoms. The fraction of sp³-hybridized carbons (Fsp3) is 0.727. The summed E-state index contributed by atoms with van der Waals surface area (Å²) >= 11 is 0. The van der Waals surface area contributed by atoms with Crippen molar-refractivity contribution >= 4 is 17.8 Å². The van der Waals surface area contributed by atoms with E-state index >= 15 is 0 Å². The minimum atomic E-state index is -0.956. The van der Waals surface area contributed by atoms with Crippen LogP contribution in [0.2, 0.25) is 0 Å². The van der Waals surface area contributed by atoms with Crippen LogP contribution in [-0.4, -0.2) is 46.4 Å². The molecule has 0 saturated carbocycles. The van der Waals surface area contributed by atoms with Gasteiger partial charge in [-0.3, -0.25) is 9.59 Å². The maximum atomic E-state index is 12.1. The molecule has 0 aromatic carbocycles. The van der Waals surface area contributed by atoms with Gasteiger partial charge in [-0.05, 0) is 25.7 Å². The minimum Gasteiger partial charge on any atom is -0.480 e. The van der Waals surface area contributed by atoms with Crippen LogP contribution in [0.4, 0.5) is 0 Å². The van der Waals surface area contributed by atoms with Crippen LogP contribution < -0.4 is 5.32 Å². The predicted octanol–water partition coefficient (Wildman–Crippen LogP) is -0.269. The molecule has 2 amide bonds. The van der Waals surface area contributed by atoms with Gasteiger partial charge in [-0.15, -0.1) is 0 Å². The first-order valence-electron chi connectivity index (χ1n) is 5.92. The Labute approximate surface area is 99.0 Å². The quantitative estimate of drug-likeness (QED) is 0.695. The van der Waals surface area contributed by atoms with Gasteiger partial charge in [-0.1, -0.05) is 0 Å². The van der Waals surface area contributed by atoms with Gasteiger partial charge in [0.1, 0.15) is 12.1 Å². The number of rotatable bonds is 2. The Morgan fingerprint density at radius 2 is 2.06 bits per heavy atom. The van der Waals surface area contributed by atoms with Gasteiger partial charge in [0.05, 0.1) is 0 Å². The van der Waals surface area contributed by atoms with Crippen molar-refractivity contribution < 1.29 is 19.5 Å². The highest BCUT2D eigenvalue weighted by atomic mass is 16.4. The van der Waals surface area contributed by atoms with Crippen LogP contribution in [-0.2, 0) is 14.4 Å². The topological polar surface area (TPSA) is 86.7 Å². The van der Waals surface area contributed by atoms with E-state index in [2.05, 4.69) is 5.32 Å². The van der Waals surface area contributed by atoms with Crippen LogP contribution in [0, 0.1) is 0 Å². The van der Waals surface area contributed by atoms with Crippen molar-refractivity contribution in [3.63, 3.8) is 0 Å². The number of nitrogens with one attached hydrogen (secondary N) is 1. The highest BCUT2D eigenvalue weighted by Crippen LogP contribution is 2.20. The van der Waals surface area contributed by atoms with E-state index in [4.69, 9.17) is 5.11 Å². The first kappa shape index (κ1) is 11.9. The number of carboxylic acids is 1. The van der Waals surface area contributed by atoms with Gasteiger partial charge in [0.15, 0.2) is 0 Å². The Balaban J connectivity index is 2.06. The summed E-state index contributed by atoms with van der Waals surface area (Å²) in [5.41, 5.74) is 0. The SMILES string of the molecule is O=C1CC[C@@H](C(=O)N2CCCC[C@H]2C(=O)O)N1. The third-order valence-electron chi connectivity index (χ3n) is 3.36. The van der Waals surface area contributed by atoms with Crippen molar-refractivity contribution in [2.75, 3.05) is 6.54 Å². The lowest BCUT2D eigenvalue weighted by Crippen LogP contribution is -2.53. The van der Waals surface area contributed by atoms with Gasteiger partial charge in [-0.25, -0.2) is 4.79 Å². The number of carbonyl (C=O) groups is 3. The van der Waals surface area contributed by atoms with Crippen molar-refractivity contribution in [2.45, 2.75) is 44.2 Å². The number of amides is 2. The lowest BCUT2D eigenvalue weighted by molar-refractivity contribution is -0.152. The van der Waals surface area contributed by atoms with Gasteiger partial charge < -0.3 is 15.3 Å².